The Morgan fingerprint density at radius 2 is 2.10 bits per heavy atom. The molecule has 5 nitrogen and oxygen atoms in total. The molecule has 1 N–H and O–H groups in total. The van der Waals surface area contributed by atoms with Gasteiger partial charge in [0, 0.05) is 18.3 Å². The highest BCUT2D eigenvalue weighted by Gasteiger charge is 2.08. The molecular formula is C15H16N4OS. The minimum Gasteiger partial charge on any atom is -0.477 e. The molecule has 0 saturated carbocycles. The lowest BCUT2D eigenvalue weighted by molar-refractivity contribution is 0.314. The number of rotatable bonds is 5. The maximum Gasteiger partial charge on any atom is 0.226 e. The van der Waals surface area contributed by atoms with Crippen LogP contribution in [-0.4, -0.2) is 28.6 Å². The lowest BCUT2D eigenvalue weighted by Gasteiger charge is -2.09. The van der Waals surface area contributed by atoms with Crippen LogP contribution in [0, 0.1) is 6.92 Å². The Kier molecular flexibility index (Phi) is 3.96. The van der Waals surface area contributed by atoms with Gasteiger partial charge < -0.3 is 10.1 Å². The maximum absolute atomic E-state index is 5.88. The SMILES string of the molecule is CNc1nc(OCCc2scnc2C)c2ccccc2n1. The summed E-state index contributed by atoms with van der Waals surface area (Å²) in [5.41, 5.74) is 3.82. The molecule has 0 atom stereocenters. The molecule has 0 aliphatic carbocycles. The zero-order valence-corrected chi connectivity index (χ0v) is 12.8. The Labute approximate surface area is 127 Å². The molecule has 6 heteroatoms. The molecule has 2 heterocycles. The highest BCUT2D eigenvalue weighted by atomic mass is 32.1. The standard InChI is InChI=1S/C15H16N4OS/c1-10-13(21-9-17-10)7-8-20-14-11-5-3-4-6-12(11)18-15(16-2)19-14/h3-6,9H,7-8H2,1-2H3,(H,16,18,19). The molecule has 2 aromatic heterocycles. The second-order valence-corrected chi connectivity index (χ2v) is 5.52. The van der Waals surface area contributed by atoms with E-state index in [1.807, 2.05) is 36.7 Å². The molecule has 0 unspecified atom stereocenters. The van der Waals surface area contributed by atoms with Crippen molar-refractivity contribution in [2.45, 2.75) is 13.3 Å². The average Bonchev–Trinajstić information content (AvgIpc) is 2.92. The normalized spacial score (nSPS) is 10.8. The van der Waals surface area contributed by atoms with Crippen LogP contribution in [0.2, 0.25) is 0 Å². The van der Waals surface area contributed by atoms with Crippen molar-refractivity contribution in [1.29, 1.82) is 0 Å². The number of hydrogen-bond acceptors (Lipinski definition) is 6. The average molecular weight is 300 g/mol. The summed E-state index contributed by atoms with van der Waals surface area (Å²) in [6.07, 6.45) is 0.837. The van der Waals surface area contributed by atoms with Crippen LogP contribution in [0.4, 0.5) is 5.95 Å². The van der Waals surface area contributed by atoms with Gasteiger partial charge in [0.2, 0.25) is 11.8 Å². The quantitative estimate of drug-likeness (QED) is 0.784. The van der Waals surface area contributed by atoms with Crippen molar-refractivity contribution in [1.82, 2.24) is 15.0 Å². The van der Waals surface area contributed by atoms with Crippen molar-refractivity contribution in [2.24, 2.45) is 0 Å². The molecule has 0 aliphatic heterocycles. The number of para-hydroxylation sites is 1. The van der Waals surface area contributed by atoms with Gasteiger partial charge in [-0.3, -0.25) is 0 Å². The molecular weight excluding hydrogens is 284 g/mol. The van der Waals surface area contributed by atoms with E-state index in [2.05, 4.69) is 20.3 Å². The summed E-state index contributed by atoms with van der Waals surface area (Å²) in [5, 5.41) is 3.89. The largest absolute Gasteiger partial charge is 0.477 e. The number of nitrogens with zero attached hydrogens (tertiary/aromatic N) is 3. The van der Waals surface area contributed by atoms with E-state index in [9.17, 15) is 0 Å². The highest BCUT2D eigenvalue weighted by molar-refractivity contribution is 7.09. The van der Waals surface area contributed by atoms with E-state index in [4.69, 9.17) is 4.74 Å². The summed E-state index contributed by atoms with van der Waals surface area (Å²) in [4.78, 5) is 14.3. The fraction of sp³-hybridized carbons (Fsp3) is 0.267. The minimum absolute atomic E-state index is 0.567. The third-order valence-corrected chi connectivity index (χ3v) is 4.20. The fourth-order valence-electron chi connectivity index (χ4n) is 2.08. The number of aromatic nitrogens is 3. The van der Waals surface area contributed by atoms with Crippen molar-refractivity contribution in [3.05, 3.63) is 40.3 Å². The first kappa shape index (κ1) is 13.8. The Morgan fingerprint density at radius 3 is 2.86 bits per heavy atom. The second-order valence-electron chi connectivity index (χ2n) is 4.58. The van der Waals surface area contributed by atoms with Gasteiger partial charge >= 0.3 is 0 Å². The molecule has 108 valence electrons. The topological polar surface area (TPSA) is 59.9 Å². The van der Waals surface area contributed by atoms with Crippen LogP contribution in [0.5, 0.6) is 5.88 Å². The molecule has 3 aromatic rings. The van der Waals surface area contributed by atoms with Crippen LogP contribution in [0.3, 0.4) is 0 Å². The highest BCUT2D eigenvalue weighted by Crippen LogP contribution is 2.24. The summed E-state index contributed by atoms with van der Waals surface area (Å²) in [5.74, 6) is 1.18. The monoisotopic (exact) mass is 300 g/mol. The maximum atomic E-state index is 5.88. The lowest BCUT2D eigenvalue weighted by Crippen LogP contribution is -2.05. The fourth-order valence-corrected chi connectivity index (χ4v) is 2.84. The number of hydrogen-bond donors (Lipinski definition) is 1. The third-order valence-electron chi connectivity index (χ3n) is 3.20. The Hall–Kier alpha value is -2.21. The van der Waals surface area contributed by atoms with E-state index >= 15 is 0 Å². The van der Waals surface area contributed by atoms with Crippen molar-refractivity contribution >= 4 is 28.2 Å². The predicted molar refractivity (Wildman–Crippen MR) is 85.1 cm³/mol. The second kappa shape index (κ2) is 6.05. The first-order chi connectivity index (χ1) is 10.3. The van der Waals surface area contributed by atoms with Gasteiger partial charge in [-0.25, -0.2) is 9.97 Å². The van der Waals surface area contributed by atoms with Crippen molar-refractivity contribution in [2.75, 3.05) is 19.0 Å². The Balaban J connectivity index is 1.81. The number of anilines is 1. The molecule has 3 rings (SSSR count). The lowest BCUT2D eigenvalue weighted by atomic mass is 10.2. The van der Waals surface area contributed by atoms with Gasteiger partial charge in [-0.1, -0.05) is 12.1 Å². The Morgan fingerprint density at radius 1 is 1.24 bits per heavy atom. The Bertz CT molecular complexity index is 756. The number of thiazole rings is 1. The number of benzene rings is 1. The van der Waals surface area contributed by atoms with Gasteiger partial charge in [-0.05, 0) is 19.1 Å². The molecule has 21 heavy (non-hydrogen) atoms. The van der Waals surface area contributed by atoms with Crippen LogP contribution in [-0.2, 0) is 6.42 Å². The van der Waals surface area contributed by atoms with Crippen LogP contribution >= 0.6 is 11.3 Å². The first-order valence-corrected chi connectivity index (χ1v) is 7.62. The van der Waals surface area contributed by atoms with E-state index in [1.54, 1.807) is 18.4 Å². The van der Waals surface area contributed by atoms with Crippen LogP contribution in [0.1, 0.15) is 10.6 Å². The predicted octanol–water partition coefficient (Wildman–Crippen LogP) is 3.06. The molecule has 0 fully saturated rings. The van der Waals surface area contributed by atoms with Crippen molar-refractivity contribution in [3.63, 3.8) is 0 Å². The van der Waals surface area contributed by atoms with Crippen molar-refractivity contribution in [3.8, 4) is 5.88 Å². The molecule has 0 amide bonds. The number of nitrogens with one attached hydrogen (secondary N) is 1. The third kappa shape index (κ3) is 2.95. The summed E-state index contributed by atoms with van der Waals surface area (Å²) in [7, 11) is 1.80. The molecule has 0 radical (unpaired) electrons. The number of aryl methyl sites for hydroxylation is 1. The van der Waals surface area contributed by atoms with Gasteiger partial charge in [-0.2, -0.15) is 4.98 Å². The van der Waals surface area contributed by atoms with Crippen LogP contribution in [0.15, 0.2) is 29.8 Å². The molecule has 0 aliphatic rings. The van der Waals surface area contributed by atoms with Crippen LogP contribution in [0.25, 0.3) is 10.9 Å². The van der Waals surface area contributed by atoms with Gasteiger partial charge in [0.05, 0.1) is 28.7 Å². The first-order valence-electron chi connectivity index (χ1n) is 6.74. The smallest absolute Gasteiger partial charge is 0.226 e. The molecule has 0 spiro atoms. The zero-order chi connectivity index (χ0) is 14.7. The van der Waals surface area contributed by atoms with E-state index in [-0.39, 0.29) is 0 Å². The molecule has 0 saturated heterocycles. The summed E-state index contributed by atoms with van der Waals surface area (Å²) in [6, 6.07) is 7.85. The summed E-state index contributed by atoms with van der Waals surface area (Å²) < 4.78 is 5.88. The minimum atomic E-state index is 0.567. The van der Waals surface area contributed by atoms with E-state index in [0.717, 1.165) is 23.0 Å². The van der Waals surface area contributed by atoms with E-state index < -0.39 is 0 Å². The van der Waals surface area contributed by atoms with Crippen molar-refractivity contribution < 1.29 is 4.74 Å². The van der Waals surface area contributed by atoms with E-state index in [1.165, 1.54) is 4.88 Å². The van der Waals surface area contributed by atoms with Gasteiger partial charge in [0.25, 0.3) is 0 Å². The van der Waals surface area contributed by atoms with Gasteiger partial charge in [0.15, 0.2) is 0 Å². The summed E-state index contributed by atoms with van der Waals surface area (Å²) in [6.45, 7) is 2.60. The molecule has 0 bridgehead atoms. The van der Waals surface area contributed by atoms with Gasteiger partial charge in [-0.15, -0.1) is 11.3 Å². The van der Waals surface area contributed by atoms with Crippen LogP contribution < -0.4 is 10.1 Å². The van der Waals surface area contributed by atoms with E-state index in [0.29, 0.717) is 18.4 Å². The number of fused-ring (bicyclic) bond motifs is 1. The summed E-state index contributed by atoms with van der Waals surface area (Å²) >= 11 is 1.66. The van der Waals surface area contributed by atoms with Gasteiger partial charge in [0.1, 0.15) is 0 Å². The zero-order valence-electron chi connectivity index (χ0n) is 12.0. The molecule has 1 aromatic carbocycles. The number of ether oxygens (including phenoxy) is 1.